The molecule has 2 aromatic carbocycles. The Balaban J connectivity index is 1.37. The van der Waals surface area contributed by atoms with E-state index in [1.165, 1.54) is 0 Å². The van der Waals surface area contributed by atoms with Gasteiger partial charge in [0.1, 0.15) is 0 Å². The van der Waals surface area contributed by atoms with Crippen LogP contribution < -0.4 is 9.47 Å². The molecule has 1 aliphatic heterocycles. The van der Waals surface area contributed by atoms with Gasteiger partial charge in [0, 0.05) is 22.7 Å². The molecular formula is C19H15NO5. The molecule has 0 amide bonds. The van der Waals surface area contributed by atoms with E-state index in [1.807, 2.05) is 24.3 Å². The molecule has 4 rings (SSSR count). The Morgan fingerprint density at radius 1 is 1.08 bits per heavy atom. The highest BCUT2D eigenvalue weighted by Crippen LogP contribution is 2.32. The quantitative estimate of drug-likeness (QED) is 0.572. The molecule has 3 aromatic rings. The fourth-order valence-electron chi connectivity index (χ4n) is 2.78. The number of Topliss-reactive ketones (excluding diaryl/α,β-unsaturated/α-hetero) is 1. The van der Waals surface area contributed by atoms with Crippen molar-refractivity contribution in [3.8, 4) is 11.5 Å². The van der Waals surface area contributed by atoms with Crippen molar-refractivity contribution in [3.05, 3.63) is 59.8 Å². The first-order valence-corrected chi connectivity index (χ1v) is 7.84. The van der Waals surface area contributed by atoms with Crippen LogP contribution in [-0.2, 0) is 16.0 Å². The highest BCUT2D eigenvalue weighted by Gasteiger charge is 2.17. The van der Waals surface area contributed by atoms with Crippen molar-refractivity contribution in [2.24, 2.45) is 0 Å². The van der Waals surface area contributed by atoms with Crippen LogP contribution in [0.25, 0.3) is 10.9 Å². The Labute approximate surface area is 143 Å². The van der Waals surface area contributed by atoms with Gasteiger partial charge in [-0.3, -0.25) is 9.59 Å². The third-order valence-electron chi connectivity index (χ3n) is 4.07. The maximum atomic E-state index is 12.2. The van der Waals surface area contributed by atoms with Gasteiger partial charge in [0.05, 0.1) is 6.42 Å². The summed E-state index contributed by atoms with van der Waals surface area (Å²) in [6, 6.07) is 12.6. The molecule has 6 nitrogen and oxygen atoms in total. The van der Waals surface area contributed by atoms with Gasteiger partial charge in [0.15, 0.2) is 23.9 Å². The molecule has 1 aromatic heterocycles. The molecule has 0 radical (unpaired) electrons. The number of nitrogens with one attached hydrogen (secondary N) is 1. The number of fused-ring (bicyclic) bond motifs is 2. The summed E-state index contributed by atoms with van der Waals surface area (Å²) >= 11 is 0. The maximum absolute atomic E-state index is 12.2. The van der Waals surface area contributed by atoms with Gasteiger partial charge >= 0.3 is 5.97 Å². The summed E-state index contributed by atoms with van der Waals surface area (Å²) < 4.78 is 15.6. The van der Waals surface area contributed by atoms with E-state index in [-0.39, 0.29) is 25.6 Å². The molecule has 0 atom stereocenters. The summed E-state index contributed by atoms with van der Waals surface area (Å²) in [5.74, 6) is 0.397. The third-order valence-corrected chi connectivity index (χ3v) is 4.07. The molecular weight excluding hydrogens is 322 g/mol. The van der Waals surface area contributed by atoms with E-state index in [4.69, 9.17) is 14.2 Å². The van der Waals surface area contributed by atoms with Crippen LogP contribution in [0, 0.1) is 0 Å². The number of carbonyl (C=O) groups is 2. The van der Waals surface area contributed by atoms with E-state index in [0.717, 1.165) is 16.5 Å². The van der Waals surface area contributed by atoms with Crippen LogP contribution >= 0.6 is 0 Å². The Bertz CT molecular complexity index is 959. The lowest BCUT2D eigenvalue weighted by atomic mass is 10.1. The lowest BCUT2D eigenvalue weighted by molar-refractivity contribution is -0.141. The first-order chi connectivity index (χ1) is 12.2. The number of para-hydroxylation sites is 1. The first kappa shape index (κ1) is 15.3. The maximum Gasteiger partial charge on any atom is 0.310 e. The van der Waals surface area contributed by atoms with Gasteiger partial charge in [-0.05, 0) is 29.8 Å². The molecule has 1 N–H and O–H groups in total. The molecule has 25 heavy (non-hydrogen) atoms. The second kappa shape index (κ2) is 6.32. The van der Waals surface area contributed by atoms with Crippen molar-refractivity contribution in [2.45, 2.75) is 6.42 Å². The summed E-state index contributed by atoms with van der Waals surface area (Å²) in [6.07, 6.45) is 1.89. The fourth-order valence-corrected chi connectivity index (χ4v) is 2.78. The number of aromatic amines is 1. The highest BCUT2D eigenvalue weighted by atomic mass is 16.7. The molecule has 126 valence electrons. The number of ether oxygens (including phenoxy) is 3. The van der Waals surface area contributed by atoms with Gasteiger partial charge in [0.2, 0.25) is 6.79 Å². The predicted molar refractivity (Wildman–Crippen MR) is 89.9 cm³/mol. The summed E-state index contributed by atoms with van der Waals surface area (Å²) in [5, 5.41) is 0.974. The van der Waals surface area contributed by atoms with Crippen molar-refractivity contribution in [1.82, 2.24) is 4.98 Å². The SMILES string of the molecule is O=C(Cc1c[nH]c2ccccc12)OCC(=O)c1ccc2c(c1)OCO2. The van der Waals surface area contributed by atoms with E-state index < -0.39 is 5.97 Å². The molecule has 0 saturated carbocycles. The zero-order valence-corrected chi connectivity index (χ0v) is 13.3. The van der Waals surface area contributed by atoms with E-state index in [1.54, 1.807) is 24.4 Å². The average molecular weight is 337 g/mol. The molecule has 0 spiro atoms. The molecule has 2 heterocycles. The Morgan fingerprint density at radius 3 is 2.84 bits per heavy atom. The Morgan fingerprint density at radius 2 is 1.92 bits per heavy atom. The van der Waals surface area contributed by atoms with Crippen LogP contribution in [-0.4, -0.2) is 30.1 Å². The fraction of sp³-hybridized carbons (Fsp3) is 0.158. The molecule has 0 unspecified atom stereocenters. The number of rotatable bonds is 5. The monoisotopic (exact) mass is 337 g/mol. The Kier molecular flexibility index (Phi) is 3.85. The van der Waals surface area contributed by atoms with Gasteiger partial charge in [0.25, 0.3) is 0 Å². The molecule has 6 heteroatoms. The van der Waals surface area contributed by atoms with Gasteiger partial charge in [-0.2, -0.15) is 0 Å². The van der Waals surface area contributed by atoms with Crippen LogP contribution in [0.15, 0.2) is 48.7 Å². The normalized spacial score (nSPS) is 12.3. The molecule has 0 saturated heterocycles. The molecule has 1 aliphatic rings. The van der Waals surface area contributed by atoms with Crippen molar-refractivity contribution < 1.29 is 23.8 Å². The largest absolute Gasteiger partial charge is 0.457 e. The zero-order valence-electron chi connectivity index (χ0n) is 13.3. The topological polar surface area (TPSA) is 77.6 Å². The Hall–Kier alpha value is -3.28. The third kappa shape index (κ3) is 3.06. The van der Waals surface area contributed by atoms with E-state index in [2.05, 4.69) is 4.98 Å². The lowest BCUT2D eigenvalue weighted by Gasteiger charge is -2.05. The number of benzene rings is 2. The van der Waals surface area contributed by atoms with Crippen LogP contribution in [0.4, 0.5) is 0 Å². The average Bonchev–Trinajstić information content (AvgIpc) is 3.26. The number of H-pyrrole nitrogens is 1. The number of carbonyl (C=O) groups excluding carboxylic acids is 2. The summed E-state index contributed by atoms with van der Waals surface area (Å²) in [5.41, 5.74) is 2.22. The smallest absolute Gasteiger partial charge is 0.310 e. The number of hydrogen-bond acceptors (Lipinski definition) is 5. The highest BCUT2D eigenvalue weighted by molar-refractivity contribution is 5.98. The summed E-state index contributed by atoms with van der Waals surface area (Å²) in [4.78, 5) is 27.3. The minimum absolute atomic E-state index is 0.110. The lowest BCUT2D eigenvalue weighted by Crippen LogP contribution is -2.15. The van der Waals surface area contributed by atoms with Crippen molar-refractivity contribution in [3.63, 3.8) is 0 Å². The van der Waals surface area contributed by atoms with Gasteiger partial charge in [-0.1, -0.05) is 18.2 Å². The summed E-state index contributed by atoms with van der Waals surface area (Å²) in [7, 11) is 0. The van der Waals surface area contributed by atoms with Crippen LogP contribution in [0.1, 0.15) is 15.9 Å². The predicted octanol–water partition coefficient (Wildman–Crippen LogP) is 2.87. The standard InChI is InChI=1S/C19H15NO5/c21-16(12-5-6-17-18(7-12)25-11-24-17)10-23-19(22)8-13-9-20-15-4-2-1-3-14(13)15/h1-7,9,20H,8,10-11H2. The number of aromatic nitrogens is 1. The minimum atomic E-state index is -0.446. The minimum Gasteiger partial charge on any atom is -0.457 e. The van der Waals surface area contributed by atoms with Crippen molar-refractivity contribution in [1.29, 1.82) is 0 Å². The molecule has 0 fully saturated rings. The van der Waals surface area contributed by atoms with Crippen LogP contribution in [0.5, 0.6) is 11.5 Å². The zero-order chi connectivity index (χ0) is 17.2. The second-order valence-electron chi connectivity index (χ2n) is 5.69. The molecule has 0 aliphatic carbocycles. The van der Waals surface area contributed by atoms with Crippen molar-refractivity contribution >= 4 is 22.7 Å². The van der Waals surface area contributed by atoms with Gasteiger partial charge in [-0.15, -0.1) is 0 Å². The number of hydrogen-bond donors (Lipinski definition) is 1. The van der Waals surface area contributed by atoms with Gasteiger partial charge in [-0.25, -0.2) is 0 Å². The van der Waals surface area contributed by atoms with Crippen molar-refractivity contribution in [2.75, 3.05) is 13.4 Å². The molecule has 0 bridgehead atoms. The second-order valence-corrected chi connectivity index (χ2v) is 5.69. The van der Waals surface area contributed by atoms with E-state index in [9.17, 15) is 9.59 Å². The van der Waals surface area contributed by atoms with Crippen LogP contribution in [0.2, 0.25) is 0 Å². The van der Waals surface area contributed by atoms with E-state index in [0.29, 0.717) is 17.1 Å². The summed E-state index contributed by atoms with van der Waals surface area (Å²) in [6.45, 7) is -0.159. The van der Waals surface area contributed by atoms with Crippen LogP contribution in [0.3, 0.4) is 0 Å². The number of ketones is 1. The number of esters is 1. The van der Waals surface area contributed by atoms with Gasteiger partial charge < -0.3 is 19.2 Å². The van der Waals surface area contributed by atoms with E-state index >= 15 is 0 Å². The first-order valence-electron chi connectivity index (χ1n) is 7.84.